The smallest absolute Gasteiger partial charge is 0.322 e. The fourth-order valence-electron chi connectivity index (χ4n) is 3.86. The van der Waals surface area contributed by atoms with Crippen LogP contribution in [0.1, 0.15) is 6.92 Å². The van der Waals surface area contributed by atoms with Crippen LogP contribution in [0.2, 0.25) is 0 Å². The summed E-state index contributed by atoms with van der Waals surface area (Å²) in [6.07, 6.45) is 1.79. The molecule has 3 heterocycles. The summed E-state index contributed by atoms with van der Waals surface area (Å²) in [5.74, 6) is 0.447. The molecule has 1 aromatic carbocycles. The number of carbonyl (C=O) groups is 2. The molecule has 0 spiro atoms. The first-order valence-corrected chi connectivity index (χ1v) is 11.8. The minimum Gasteiger partial charge on any atom is -0.497 e. The Kier molecular flexibility index (Phi) is 5.78. The third-order valence-corrected chi connectivity index (χ3v) is 7.81. The van der Waals surface area contributed by atoms with E-state index in [1.807, 2.05) is 41.3 Å². The number of hydrogen-bond donors (Lipinski definition) is 2. The van der Waals surface area contributed by atoms with Crippen LogP contribution >= 0.6 is 0 Å². The van der Waals surface area contributed by atoms with Crippen molar-refractivity contribution in [2.45, 2.75) is 12.5 Å². The van der Waals surface area contributed by atoms with Crippen molar-refractivity contribution in [2.75, 3.05) is 43.9 Å². The van der Waals surface area contributed by atoms with Crippen LogP contribution in [0.25, 0.3) is 11.1 Å². The number of pyridine rings is 1. The lowest BCUT2D eigenvalue weighted by molar-refractivity contribution is -0.122. The SMILES string of the molecule is COc1ccc(-c2ccc(N3CCN(S(=O)(=O)CC4(C)NC(=O)NC4=O)CC3)nc2)cc1. The van der Waals surface area contributed by atoms with Crippen molar-refractivity contribution >= 4 is 27.8 Å². The quantitative estimate of drug-likeness (QED) is 0.613. The van der Waals surface area contributed by atoms with Gasteiger partial charge in [-0.25, -0.2) is 18.2 Å². The van der Waals surface area contributed by atoms with Crippen LogP contribution < -0.4 is 20.3 Å². The average Bonchev–Trinajstić information content (AvgIpc) is 3.04. The van der Waals surface area contributed by atoms with E-state index in [2.05, 4.69) is 15.6 Å². The Hall–Kier alpha value is -3.18. The van der Waals surface area contributed by atoms with Crippen molar-refractivity contribution in [3.05, 3.63) is 42.6 Å². The Bertz CT molecular complexity index is 1110. The van der Waals surface area contributed by atoms with Crippen molar-refractivity contribution in [3.8, 4) is 16.9 Å². The Morgan fingerprint density at radius 3 is 2.22 bits per heavy atom. The highest BCUT2D eigenvalue weighted by molar-refractivity contribution is 7.89. The number of hydrogen-bond acceptors (Lipinski definition) is 7. The van der Waals surface area contributed by atoms with Gasteiger partial charge in [-0.1, -0.05) is 12.1 Å². The molecule has 10 nitrogen and oxygen atoms in total. The van der Waals surface area contributed by atoms with E-state index in [4.69, 9.17) is 4.74 Å². The zero-order chi connectivity index (χ0) is 22.9. The summed E-state index contributed by atoms with van der Waals surface area (Å²) >= 11 is 0. The van der Waals surface area contributed by atoms with Crippen molar-refractivity contribution in [3.63, 3.8) is 0 Å². The first-order valence-electron chi connectivity index (χ1n) is 10.2. The van der Waals surface area contributed by atoms with Crippen molar-refractivity contribution < 1.29 is 22.7 Å². The monoisotopic (exact) mass is 459 g/mol. The average molecular weight is 460 g/mol. The third kappa shape index (κ3) is 4.39. The van der Waals surface area contributed by atoms with Gasteiger partial charge in [-0.2, -0.15) is 4.31 Å². The lowest BCUT2D eigenvalue weighted by Gasteiger charge is -2.35. The van der Waals surface area contributed by atoms with Crippen LogP contribution in [0, 0.1) is 0 Å². The van der Waals surface area contributed by atoms with Gasteiger partial charge in [-0.05, 0) is 36.8 Å². The van der Waals surface area contributed by atoms with E-state index in [0.717, 1.165) is 22.7 Å². The third-order valence-electron chi connectivity index (χ3n) is 5.72. The summed E-state index contributed by atoms with van der Waals surface area (Å²) in [4.78, 5) is 29.9. The van der Waals surface area contributed by atoms with Gasteiger partial charge in [0, 0.05) is 37.9 Å². The van der Waals surface area contributed by atoms with E-state index in [-0.39, 0.29) is 13.1 Å². The molecule has 2 aromatic rings. The van der Waals surface area contributed by atoms with Gasteiger partial charge in [0.2, 0.25) is 10.0 Å². The molecule has 32 heavy (non-hydrogen) atoms. The fraction of sp³-hybridized carbons (Fsp3) is 0.381. The van der Waals surface area contributed by atoms with Gasteiger partial charge < -0.3 is 15.0 Å². The maximum absolute atomic E-state index is 12.8. The Morgan fingerprint density at radius 2 is 1.69 bits per heavy atom. The maximum Gasteiger partial charge on any atom is 0.322 e. The van der Waals surface area contributed by atoms with Gasteiger partial charge >= 0.3 is 6.03 Å². The molecule has 2 N–H and O–H groups in total. The second kappa shape index (κ2) is 8.40. The molecule has 170 valence electrons. The predicted molar refractivity (Wildman–Crippen MR) is 119 cm³/mol. The van der Waals surface area contributed by atoms with E-state index >= 15 is 0 Å². The number of anilines is 1. The molecule has 1 atom stereocenters. The molecule has 0 saturated carbocycles. The molecule has 0 aliphatic carbocycles. The van der Waals surface area contributed by atoms with Crippen LogP contribution in [0.4, 0.5) is 10.6 Å². The number of imide groups is 1. The van der Waals surface area contributed by atoms with Crippen LogP contribution in [0.15, 0.2) is 42.6 Å². The number of carbonyl (C=O) groups excluding carboxylic acids is 2. The summed E-state index contributed by atoms with van der Waals surface area (Å²) in [6, 6.07) is 10.9. The number of amides is 3. The normalized spacial score (nSPS) is 21.9. The lowest BCUT2D eigenvalue weighted by Crippen LogP contribution is -2.55. The van der Waals surface area contributed by atoms with E-state index in [1.165, 1.54) is 11.2 Å². The minimum absolute atomic E-state index is 0.274. The van der Waals surface area contributed by atoms with E-state index < -0.39 is 33.3 Å². The molecule has 0 bridgehead atoms. The molecule has 2 aliphatic rings. The highest BCUT2D eigenvalue weighted by Gasteiger charge is 2.46. The number of benzene rings is 1. The van der Waals surface area contributed by atoms with E-state index in [1.54, 1.807) is 13.3 Å². The van der Waals surface area contributed by atoms with Gasteiger partial charge in [-0.15, -0.1) is 0 Å². The molecule has 3 amide bonds. The van der Waals surface area contributed by atoms with Gasteiger partial charge in [-0.3, -0.25) is 10.1 Å². The van der Waals surface area contributed by atoms with E-state index in [9.17, 15) is 18.0 Å². The van der Waals surface area contributed by atoms with Crippen molar-refractivity contribution in [1.29, 1.82) is 0 Å². The molecule has 11 heteroatoms. The van der Waals surface area contributed by atoms with Crippen LogP contribution in [0.3, 0.4) is 0 Å². The van der Waals surface area contributed by atoms with Gasteiger partial charge in [0.15, 0.2) is 0 Å². The molecule has 1 aromatic heterocycles. The molecular weight excluding hydrogens is 434 g/mol. The number of nitrogens with one attached hydrogen (secondary N) is 2. The molecular formula is C21H25N5O5S. The number of piperazine rings is 1. The van der Waals surface area contributed by atoms with Gasteiger partial charge in [0.05, 0.1) is 12.9 Å². The maximum atomic E-state index is 12.8. The first-order chi connectivity index (χ1) is 15.2. The number of aromatic nitrogens is 1. The summed E-state index contributed by atoms with van der Waals surface area (Å²) < 4.78 is 32.2. The number of urea groups is 1. The highest BCUT2D eigenvalue weighted by atomic mass is 32.2. The highest BCUT2D eigenvalue weighted by Crippen LogP contribution is 2.24. The Labute approximate surface area is 186 Å². The zero-order valence-electron chi connectivity index (χ0n) is 17.9. The summed E-state index contributed by atoms with van der Waals surface area (Å²) in [5.41, 5.74) is 0.534. The first kappa shape index (κ1) is 22.0. The van der Waals surface area contributed by atoms with Gasteiger partial charge in [0.1, 0.15) is 17.1 Å². The lowest BCUT2D eigenvalue weighted by atomic mass is 10.1. The number of sulfonamides is 1. The second-order valence-corrected chi connectivity index (χ2v) is 9.99. The Balaban J connectivity index is 1.38. The van der Waals surface area contributed by atoms with Crippen LogP contribution in [-0.4, -0.2) is 74.2 Å². The summed E-state index contributed by atoms with van der Waals surface area (Å²) in [7, 11) is -2.11. The standard InChI is InChI=1S/C21H25N5O5S/c1-21(19(27)23-20(28)24-21)14-32(29,30)26-11-9-25(10-12-26)18-8-5-16(13-22-18)15-3-6-17(31-2)7-4-15/h3-8,13H,9-12,14H2,1-2H3,(H2,23,24,27,28). The predicted octanol–water partition coefficient (Wildman–Crippen LogP) is 0.807. The molecule has 1 unspecified atom stereocenters. The molecule has 4 rings (SSSR count). The van der Waals surface area contributed by atoms with Crippen LogP contribution in [0.5, 0.6) is 5.75 Å². The molecule has 2 fully saturated rings. The van der Waals surface area contributed by atoms with Crippen LogP contribution in [-0.2, 0) is 14.8 Å². The zero-order valence-corrected chi connectivity index (χ0v) is 18.7. The summed E-state index contributed by atoms with van der Waals surface area (Å²) in [5, 5.41) is 4.49. The summed E-state index contributed by atoms with van der Waals surface area (Å²) in [6.45, 7) is 2.91. The second-order valence-electron chi connectivity index (χ2n) is 8.02. The van der Waals surface area contributed by atoms with Crippen molar-refractivity contribution in [2.24, 2.45) is 0 Å². The molecule has 2 aliphatic heterocycles. The number of ether oxygens (including phenoxy) is 1. The minimum atomic E-state index is -3.74. The topological polar surface area (TPSA) is 121 Å². The molecule has 2 saturated heterocycles. The largest absolute Gasteiger partial charge is 0.497 e. The van der Waals surface area contributed by atoms with E-state index in [0.29, 0.717) is 13.1 Å². The Morgan fingerprint density at radius 1 is 1.03 bits per heavy atom. The van der Waals surface area contributed by atoms with Gasteiger partial charge in [0.25, 0.3) is 5.91 Å². The number of methoxy groups -OCH3 is 1. The number of nitrogens with zero attached hydrogens (tertiary/aromatic N) is 3. The molecule has 0 radical (unpaired) electrons. The fourth-order valence-corrected chi connectivity index (χ4v) is 5.70. The van der Waals surface area contributed by atoms with Crippen molar-refractivity contribution in [1.82, 2.24) is 19.9 Å². The number of rotatable bonds is 6.